The molecule has 0 aliphatic heterocycles. The molecule has 24 heavy (non-hydrogen) atoms. The Hall–Kier alpha value is -2.32. The first kappa shape index (κ1) is 16.5. The van der Waals surface area contributed by atoms with Crippen LogP contribution in [0.15, 0.2) is 45.7 Å². The molecule has 1 aromatic carbocycles. The Morgan fingerprint density at radius 2 is 1.88 bits per heavy atom. The fourth-order valence-electron chi connectivity index (χ4n) is 1.94. The summed E-state index contributed by atoms with van der Waals surface area (Å²) >= 11 is 11.7. The van der Waals surface area contributed by atoms with Crippen LogP contribution in [0.3, 0.4) is 0 Å². The van der Waals surface area contributed by atoms with E-state index in [1.165, 1.54) is 18.2 Å². The van der Waals surface area contributed by atoms with E-state index in [1.807, 2.05) is 0 Å². The van der Waals surface area contributed by atoms with Gasteiger partial charge in [-0.2, -0.15) is 13.2 Å². The zero-order valence-corrected chi connectivity index (χ0v) is 13.0. The van der Waals surface area contributed by atoms with Gasteiger partial charge in [-0.05, 0) is 30.3 Å². The first-order chi connectivity index (χ1) is 11.3. The van der Waals surface area contributed by atoms with Gasteiger partial charge in [-0.1, -0.05) is 23.2 Å². The smallest absolute Gasteiger partial charge is 0.387 e. The average molecular weight is 376 g/mol. The van der Waals surface area contributed by atoms with E-state index in [9.17, 15) is 18.0 Å². The van der Waals surface area contributed by atoms with Crippen LogP contribution >= 0.6 is 23.2 Å². The normalized spacial score (nSPS) is 11.7. The quantitative estimate of drug-likeness (QED) is 0.672. The molecule has 0 atom stereocenters. The minimum atomic E-state index is -4.70. The summed E-state index contributed by atoms with van der Waals surface area (Å²) in [6.07, 6.45) is -3.59. The first-order valence-corrected chi connectivity index (χ1v) is 7.11. The predicted octanol–water partition coefficient (Wildman–Crippen LogP) is 4.21. The molecule has 0 N–H and O–H groups in total. The van der Waals surface area contributed by atoms with Gasteiger partial charge < -0.3 is 4.42 Å². The predicted molar refractivity (Wildman–Crippen MR) is 80.4 cm³/mol. The molecule has 3 rings (SSSR count). The van der Waals surface area contributed by atoms with Crippen molar-refractivity contribution in [3.05, 3.63) is 62.7 Å². The van der Waals surface area contributed by atoms with Crippen LogP contribution in [0, 0.1) is 0 Å². The third kappa shape index (κ3) is 3.02. The number of nitrogens with zero attached hydrogens (tertiary/aromatic N) is 3. The maximum atomic E-state index is 13.0. The van der Waals surface area contributed by atoms with E-state index < -0.39 is 23.3 Å². The zero-order valence-electron chi connectivity index (χ0n) is 11.5. The van der Waals surface area contributed by atoms with Gasteiger partial charge in [-0.15, -0.1) is 9.78 Å². The van der Waals surface area contributed by atoms with Crippen molar-refractivity contribution in [2.24, 2.45) is 0 Å². The van der Waals surface area contributed by atoms with E-state index in [0.29, 0.717) is 4.68 Å². The van der Waals surface area contributed by atoms with Gasteiger partial charge in [0.2, 0.25) is 5.89 Å². The standard InChI is InChI=1S/C14H6Cl2F3N3O2/c15-9-4-3-7(6-10(9)16)12-21-22(13(23)24-12)11-8(14(17,18)19)2-1-5-20-11/h1-6H. The van der Waals surface area contributed by atoms with E-state index in [1.54, 1.807) is 0 Å². The molecule has 0 aliphatic carbocycles. The highest BCUT2D eigenvalue weighted by molar-refractivity contribution is 6.42. The van der Waals surface area contributed by atoms with Crippen molar-refractivity contribution < 1.29 is 17.6 Å². The lowest BCUT2D eigenvalue weighted by molar-refractivity contribution is -0.137. The molecular formula is C14H6Cl2F3N3O2. The van der Waals surface area contributed by atoms with Gasteiger partial charge in [0.25, 0.3) is 0 Å². The Kier molecular flexibility index (Phi) is 4.10. The number of pyridine rings is 1. The summed E-state index contributed by atoms with van der Waals surface area (Å²) in [6.45, 7) is 0. The molecule has 5 nitrogen and oxygen atoms in total. The van der Waals surface area contributed by atoms with E-state index in [0.717, 1.165) is 18.3 Å². The molecular weight excluding hydrogens is 370 g/mol. The molecule has 0 bridgehead atoms. The van der Waals surface area contributed by atoms with Crippen molar-refractivity contribution in [2.45, 2.75) is 6.18 Å². The molecule has 0 fully saturated rings. The Labute approximate surface area is 142 Å². The second kappa shape index (κ2) is 5.95. The number of aromatic nitrogens is 3. The van der Waals surface area contributed by atoms with E-state index in [4.69, 9.17) is 27.6 Å². The number of benzene rings is 1. The minimum Gasteiger partial charge on any atom is -0.387 e. The molecule has 0 saturated heterocycles. The number of rotatable bonds is 2. The van der Waals surface area contributed by atoms with Gasteiger partial charge in [0.05, 0.1) is 10.0 Å². The van der Waals surface area contributed by atoms with Gasteiger partial charge in [0.15, 0.2) is 5.82 Å². The Morgan fingerprint density at radius 1 is 1.12 bits per heavy atom. The molecule has 0 amide bonds. The van der Waals surface area contributed by atoms with E-state index in [2.05, 4.69) is 10.1 Å². The lowest BCUT2D eigenvalue weighted by atomic mass is 10.2. The molecule has 2 heterocycles. The van der Waals surface area contributed by atoms with Crippen molar-refractivity contribution in [2.75, 3.05) is 0 Å². The monoisotopic (exact) mass is 375 g/mol. The Bertz CT molecular complexity index is 966. The van der Waals surface area contributed by atoms with Crippen molar-refractivity contribution in [1.29, 1.82) is 0 Å². The SMILES string of the molecule is O=c1oc(-c2ccc(Cl)c(Cl)c2)nn1-c1ncccc1C(F)(F)F. The topological polar surface area (TPSA) is 60.9 Å². The van der Waals surface area contributed by atoms with Crippen LogP contribution in [-0.4, -0.2) is 14.8 Å². The number of alkyl halides is 3. The van der Waals surface area contributed by atoms with Crippen molar-refractivity contribution in [3.63, 3.8) is 0 Å². The Morgan fingerprint density at radius 3 is 2.54 bits per heavy atom. The summed E-state index contributed by atoms with van der Waals surface area (Å²) in [5.74, 6) is -2.00. The van der Waals surface area contributed by atoms with Gasteiger partial charge in [0.1, 0.15) is 5.56 Å². The molecule has 0 saturated carbocycles. The van der Waals surface area contributed by atoms with Crippen molar-refractivity contribution >= 4 is 23.2 Å². The highest BCUT2D eigenvalue weighted by Gasteiger charge is 2.35. The lowest BCUT2D eigenvalue weighted by Crippen LogP contribution is -2.20. The van der Waals surface area contributed by atoms with Crippen LogP contribution in [0.1, 0.15) is 5.56 Å². The lowest BCUT2D eigenvalue weighted by Gasteiger charge is -2.09. The van der Waals surface area contributed by atoms with Crippen molar-refractivity contribution in [3.8, 4) is 17.3 Å². The number of hydrogen-bond acceptors (Lipinski definition) is 4. The molecule has 2 aromatic heterocycles. The fraction of sp³-hybridized carbons (Fsp3) is 0.0714. The molecule has 0 radical (unpaired) electrons. The Balaban J connectivity index is 2.14. The highest BCUT2D eigenvalue weighted by Crippen LogP contribution is 2.32. The summed E-state index contributed by atoms with van der Waals surface area (Å²) < 4.78 is 44.5. The molecule has 3 aromatic rings. The summed E-state index contributed by atoms with van der Waals surface area (Å²) in [5.41, 5.74) is -0.828. The second-order valence-corrected chi connectivity index (χ2v) is 5.40. The van der Waals surface area contributed by atoms with E-state index >= 15 is 0 Å². The molecule has 10 heteroatoms. The molecule has 0 aliphatic rings. The fourth-order valence-corrected chi connectivity index (χ4v) is 2.24. The second-order valence-electron chi connectivity index (χ2n) is 4.59. The minimum absolute atomic E-state index is 0.181. The van der Waals surface area contributed by atoms with Gasteiger partial charge in [-0.25, -0.2) is 9.78 Å². The van der Waals surface area contributed by atoms with Crippen LogP contribution in [-0.2, 0) is 6.18 Å². The number of halogens is 5. The maximum Gasteiger partial charge on any atom is 0.443 e. The summed E-state index contributed by atoms with van der Waals surface area (Å²) in [7, 11) is 0. The van der Waals surface area contributed by atoms with Gasteiger partial charge >= 0.3 is 11.9 Å². The largest absolute Gasteiger partial charge is 0.443 e. The summed E-state index contributed by atoms with van der Waals surface area (Å²) in [6, 6.07) is 6.19. The summed E-state index contributed by atoms with van der Waals surface area (Å²) in [4.78, 5) is 15.5. The summed E-state index contributed by atoms with van der Waals surface area (Å²) in [5, 5.41) is 4.22. The van der Waals surface area contributed by atoms with Crippen LogP contribution in [0.25, 0.3) is 17.3 Å². The first-order valence-electron chi connectivity index (χ1n) is 6.35. The van der Waals surface area contributed by atoms with Crippen LogP contribution in [0.5, 0.6) is 0 Å². The van der Waals surface area contributed by atoms with Crippen LogP contribution < -0.4 is 5.76 Å². The molecule has 124 valence electrons. The number of hydrogen-bond donors (Lipinski definition) is 0. The van der Waals surface area contributed by atoms with Gasteiger partial charge in [-0.3, -0.25) is 0 Å². The average Bonchev–Trinajstić information content (AvgIpc) is 2.91. The van der Waals surface area contributed by atoms with Crippen molar-refractivity contribution in [1.82, 2.24) is 14.8 Å². The van der Waals surface area contributed by atoms with Crippen LogP contribution in [0.4, 0.5) is 13.2 Å². The third-order valence-corrected chi connectivity index (χ3v) is 3.75. The van der Waals surface area contributed by atoms with Crippen LogP contribution in [0.2, 0.25) is 10.0 Å². The maximum absolute atomic E-state index is 13.0. The third-order valence-electron chi connectivity index (χ3n) is 3.01. The van der Waals surface area contributed by atoms with Gasteiger partial charge in [0, 0.05) is 11.8 Å². The molecule has 0 spiro atoms. The molecule has 0 unspecified atom stereocenters. The highest BCUT2D eigenvalue weighted by atomic mass is 35.5. The van der Waals surface area contributed by atoms with E-state index in [-0.39, 0.29) is 21.5 Å². The zero-order chi connectivity index (χ0) is 17.5.